The van der Waals surface area contributed by atoms with Gasteiger partial charge < -0.3 is 14.9 Å². The largest absolute Gasteiger partial charge is 0.507 e. The standard InChI is InChI=1S/C13H20ClNO3/c1-9-4-11(14)5-10(13(9)17)6-15(2)7-12(16)8-18-3/h4-5,12,16-17H,6-8H2,1-3H3. The van der Waals surface area contributed by atoms with Crippen molar-refractivity contribution in [3.05, 3.63) is 28.3 Å². The molecule has 18 heavy (non-hydrogen) atoms. The summed E-state index contributed by atoms with van der Waals surface area (Å²) in [5, 5.41) is 20.2. The van der Waals surface area contributed by atoms with Gasteiger partial charge in [-0.2, -0.15) is 0 Å². The molecule has 2 N–H and O–H groups in total. The lowest BCUT2D eigenvalue weighted by molar-refractivity contribution is 0.0417. The van der Waals surface area contributed by atoms with E-state index < -0.39 is 6.10 Å². The minimum atomic E-state index is -0.539. The van der Waals surface area contributed by atoms with Crippen LogP contribution in [-0.2, 0) is 11.3 Å². The zero-order chi connectivity index (χ0) is 13.7. The minimum Gasteiger partial charge on any atom is -0.507 e. The number of hydrogen-bond acceptors (Lipinski definition) is 4. The van der Waals surface area contributed by atoms with Crippen molar-refractivity contribution < 1.29 is 14.9 Å². The first-order chi connectivity index (χ1) is 8.43. The molecule has 0 heterocycles. The zero-order valence-electron chi connectivity index (χ0n) is 11.0. The predicted octanol–water partition coefficient (Wildman–Crippen LogP) is 1.79. The van der Waals surface area contributed by atoms with Crippen molar-refractivity contribution in [2.75, 3.05) is 27.3 Å². The van der Waals surface area contributed by atoms with Gasteiger partial charge in [-0.15, -0.1) is 0 Å². The highest BCUT2D eigenvalue weighted by atomic mass is 35.5. The summed E-state index contributed by atoms with van der Waals surface area (Å²) in [5.41, 5.74) is 1.51. The maximum absolute atomic E-state index is 9.94. The third kappa shape index (κ3) is 4.46. The lowest BCUT2D eigenvalue weighted by atomic mass is 10.1. The van der Waals surface area contributed by atoms with E-state index in [-0.39, 0.29) is 5.75 Å². The van der Waals surface area contributed by atoms with Crippen LogP contribution < -0.4 is 0 Å². The summed E-state index contributed by atoms with van der Waals surface area (Å²) in [6.45, 7) is 3.10. The van der Waals surface area contributed by atoms with Crippen LogP contribution in [-0.4, -0.2) is 48.5 Å². The van der Waals surface area contributed by atoms with E-state index in [1.165, 1.54) is 0 Å². The fraction of sp³-hybridized carbons (Fsp3) is 0.538. The summed E-state index contributed by atoms with van der Waals surface area (Å²) in [6.07, 6.45) is -0.539. The first kappa shape index (κ1) is 15.2. The van der Waals surface area contributed by atoms with Gasteiger partial charge in [0.2, 0.25) is 0 Å². The van der Waals surface area contributed by atoms with Gasteiger partial charge >= 0.3 is 0 Å². The van der Waals surface area contributed by atoms with Crippen LogP contribution in [0.2, 0.25) is 5.02 Å². The first-order valence-electron chi connectivity index (χ1n) is 5.77. The fourth-order valence-corrected chi connectivity index (χ4v) is 2.18. The maximum Gasteiger partial charge on any atom is 0.123 e. The van der Waals surface area contributed by atoms with Crippen molar-refractivity contribution in [1.29, 1.82) is 0 Å². The Labute approximate surface area is 113 Å². The molecule has 0 aromatic heterocycles. The molecule has 0 fully saturated rings. The van der Waals surface area contributed by atoms with Gasteiger partial charge in [0, 0.05) is 30.8 Å². The number of nitrogens with zero attached hydrogens (tertiary/aromatic N) is 1. The average Bonchev–Trinajstić information content (AvgIpc) is 2.25. The summed E-state index contributed by atoms with van der Waals surface area (Å²) >= 11 is 5.96. The molecule has 102 valence electrons. The van der Waals surface area contributed by atoms with Crippen LogP contribution in [0.15, 0.2) is 12.1 Å². The van der Waals surface area contributed by atoms with Crippen LogP contribution >= 0.6 is 11.6 Å². The highest BCUT2D eigenvalue weighted by Gasteiger charge is 2.12. The normalized spacial score (nSPS) is 13.0. The Morgan fingerprint density at radius 3 is 2.72 bits per heavy atom. The highest BCUT2D eigenvalue weighted by molar-refractivity contribution is 6.30. The summed E-state index contributed by atoms with van der Waals surface area (Å²) in [6, 6.07) is 3.46. The van der Waals surface area contributed by atoms with E-state index in [0.717, 1.165) is 11.1 Å². The van der Waals surface area contributed by atoms with E-state index in [0.29, 0.717) is 24.7 Å². The number of methoxy groups -OCH3 is 1. The Hall–Kier alpha value is -0.810. The quantitative estimate of drug-likeness (QED) is 0.830. The second-order valence-electron chi connectivity index (χ2n) is 4.54. The van der Waals surface area contributed by atoms with E-state index in [1.54, 1.807) is 19.2 Å². The number of aromatic hydroxyl groups is 1. The lowest BCUT2D eigenvalue weighted by Crippen LogP contribution is -2.31. The van der Waals surface area contributed by atoms with Crippen molar-refractivity contribution in [2.24, 2.45) is 0 Å². The smallest absolute Gasteiger partial charge is 0.123 e. The molecule has 0 saturated heterocycles. The summed E-state index contributed by atoms with van der Waals surface area (Å²) < 4.78 is 4.87. The van der Waals surface area contributed by atoms with E-state index >= 15 is 0 Å². The van der Waals surface area contributed by atoms with E-state index in [1.807, 2.05) is 18.9 Å². The molecule has 5 heteroatoms. The molecule has 1 rings (SSSR count). The Morgan fingerprint density at radius 1 is 1.44 bits per heavy atom. The SMILES string of the molecule is COCC(O)CN(C)Cc1cc(Cl)cc(C)c1O. The lowest BCUT2D eigenvalue weighted by Gasteiger charge is -2.21. The number of ether oxygens (including phenoxy) is 1. The third-order valence-corrected chi connectivity index (χ3v) is 2.88. The molecule has 0 amide bonds. The molecule has 1 atom stereocenters. The van der Waals surface area contributed by atoms with Crippen LogP contribution in [0.3, 0.4) is 0 Å². The van der Waals surface area contributed by atoms with Crippen LogP contribution in [0.5, 0.6) is 5.75 Å². The number of aliphatic hydroxyl groups is 1. The van der Waals surface area contributed by atoms with E-state index in [9.17, 15) is 10.2 Å². The molecule has 0 radical (unpaired) electrons. The van der Waals surface area contributed by atoms with Gasteiger partial charge in [0.25, 0.3) is 0 Å². The first-order valence-corrected chi connectivity index (χ1v) is 6.15. The topological polar surface area (TPSA) is 52.9 Å². The van der Waals surface area contributed by atoms with Crippen LogP contribution in [0.1, 0.15) is 11.1 Å². The zero-order valence-corrected chi connectivity index (χ0v) is 11.7. The van der Waals surface area contributed by atoms with Crippen molar-refractivity contribution in [1.82, 2.24) is 4.90 Å². The molecule has 1 unspecified atom stereocenters. The summed E-state index contributed by atoms with van der Waals surface area (Å²) in [5.74, 6) is 0.257. The van der Waals surface area contributed by atoms with Crippen LogP contribution in [0.4, 0.5) is 0 Å². The van der Waals surface area contributed by atoms with Gasteiger partial charge in [0.05, 0.1) is 12.7 Å². The number of phenolic OH excluding ortho intramolecular Hbond substituents is 1. The number of phenols is 1. The van der Waals surface area contributed by atoms with Gasteiger partial charge in [-0.1, -0.05) is 11.6 Å². The molecule has 1 aromatic carbocycles. The molecule has 1 aromatic rings. The number of hydrogen-bond donors (Lipinski definition) is 2. The van der Waals surface area contributed by atoms with Crippen molar-refractivity contribution in [2.45, 2.75) is 19.6 Å². The summed E-state index contributed by atoms with van der Waals surface area (Å²) in [4.78, 5) is 1.91. The molecule has 0 spiro atoms. The van der Waals surface area contributed by atoms with Gasteiger partial charge in [0.15, 0.2) is 0 Å². The maximum atomic E-state index is 9.94. The van der Waals surface area contributed by atoms with Gasteiger partial charge in [-0.3, -0.25) is 4.90 Å². The third-order valence-electron chi connectivity index (χ3n) is 2.67. The van der Waals surface area contributed by atoms with Crippen molar-refractivity contribution in [3.63, 3.8) is 0 Å². The molecular formula is C13H20ClNO3. The monoisotopic (exact) mass is 273 g/mol. The van der Waals surface area contributed by atoms with Crippen molar-refractivity contribution >= 4 is 11.6 Å². The average molecular weight is 274 g/mol. The van der Waals surface area contributed by atoms with Gasteiger partial charge in [-0.25, -0.2) is 0 Å². The van der Waals surface area contributed by atoms with Gasteiger partial charge in [0.1, 0.15) is 5.75 Å². The second kappa shape index (κ2) is 6.95. The van der Waals surface area contributed by atoms with E-state index in [4.69, 9.17) is 16.3 Å². The molecule has 0 aliphatic carbocycles. The number of halogens is 1. The Kier molecular flexibility index (Phi) is 5.88. The summed E-state index contributed by atoms with van der Waals surface area (Å²) in [7, 11) is 3.42. The van der Waals surface area contributed by atoms with Crippen LogP contribution in [0.25, 0.3) is 0 Å². The number of aryl methyl sites for hydroxylation is 1. The molecular weight excluding hydrogens is 254 g/mol. The molecule has 0 aliphatic heterocycles. The molecule has 4 nitrogen and oxygen atoms in total. The number of rotatable bonds is 6. The molecule has 0 saturated carbocycles. The Bertz CT molecular complexity index is 398. The Morgan fingerprint density at radius 2 is 2.11 bits per heavy atom. The number of likely N-dealkylation sites (N-methyl/N-ethyl adjacent to an activating group) is 1. The molecule has 0 aliphatic rings. The van der Waals surface area contributed by atoms with Gasteiger partial charge in [-0.05, 0) is 31.7 Å². The van der Waals surface area contributed by atoms with E-state index in [2.05, 4.69) is 0 Å². The number of benzene rings is 1. The minimum absolute atomic E-state index is 0.257. The second-order valence-corrected chi connectivity index (χ2v) is 4.97. The number of aliphatic hydroxyl groups excluding tert-OH is 1. The Balaban J connectivity index is 2.67. The molecule has 0 bridgehead atoms. The highest BCUT2D eigenvalue weighted by Crippen LogP contribution is 2.27. The van der Waals surface area contributed by atoms with Crippen LogP contribution in [0, 0.1) is 6.92 Å². The van der Waals surface area contributed by atoms with Crippen molar-refractivity contribution in [3.8, 4) is 5.75 Å². The fourth-order valence-electron chi connectivity index (χ4n) is 1.89. The predicted molar refractivity (Wildman–Crippen MR) is 72.1 cm³/mol.